The molecule has 1 fully saturated rings. The van der Waals surface area contributed by atoms with E-state index in [9.17, 15) is 9.59 Å². The van der Waals surface area contributed by atoms with Gasteiger partial charge in [-0.25, -0.2) is 4.79 Å². The number of carbonyl (C=O) groups excluding carboxylic acids is 2. The van der Waals surface area contributed by atoms with Gasteiger partial charge in [-0.05, 0) is 63.6 Å². The molecule has 2 atom stereocenters. The maximum absolute atomic E-state index is 13.2. The Hall–Kier alpha value is -2.15. The summed E-state index contributed by atoms with van der Waals surface area (Å²) >= 11 is 18.7. The van der Waals surface area contributed by atoms with Crippen LogP contribution in [-0.2, 0) is 9.53 Å². The van der Waals surface area contributed by atoms with Crippen LogP contribution in [-0.4, -0.2) is 48.2 Å². The van der Waals surface area contributed by atoms with Crippen LogP contribution >= 0.6 is 34.8 Å². The fourth-order valence-electron chi connectivity index (χ4n) is 3.78. The first kappa shape index (κ1) is 25.5. The van der Waals surface area contributed by atoms with Crippen LogP contribution in [0.25, 0.3) is 0 Å². The molecule has 2 amide bonds. The molecule has 0 spiro atoms. The molecule has 2 aromatic carbocycles. The smallest absolute Gasteiger partial charge is 0.408 e. The Balaban J connectivity index is 1.81. The third-order valence-corrected chi connectivity index (χ3v) is 6.06. The largest absolute Gasteiger partial charge is 0.444 e. The number of halogens is 3. The normalized spacial score (nSPS) is 17.5. The Morgan fingerprint density at radius 2 is 1.67 bits per heavy atom. The van der Waals surface area contributed by atoms with Crippen LogP contribution in [0.15, 0.2) is 42.5 Å². The zero-order chi connectivity index (χ0) is 24.3. The van der Waals surface area contributed by atoms with Crippen molar-refractivity contribution >= 4 is 52.5 Å². The van der Waals surface area contributed by atoms with Gasteiger partial charge in [-0.1, -0.05) is 46.9 Å². The zero-order valence-corrected chi connectivity index (χ0v) is 21.3. The number of hydrogen-bond acceptors (Lipinski definition) is 4. The fourth-order valence-corrected chi connectivity index (χ4v) is 4.42. The number of carbonyl (C=O) groups is 2. The molecule has 33 heavy (non-hydrogen) atoms. The van der Waals surface area contributed by atoms with Gasteiger partial charge < -0.3 is 19.9 Å². The van der Waals surface area contributed by atoms with Crippen molar-refractivity contribution in [3.63, 3.8) is 0 Å². The highest BCUT2D eigenvalue weighted by atomic mass is 35.5. The van der Waals surface area contributed by atoms with Crippen LogP contribution < -0.4 is 10.2 Å². The Morgan fingerprint density at radius 3 is 2.27 bits per heavy atom. The molecule has 0 bridgehead atoms. The summed E-state index contributed by atoms with van der Waals surface area (Å²) in [6, 6.07) is 12.0. The second-order valence-corrected chi connectivity index (χ2v) is 10.3. The molecule has 1 aliphatic rings. The zero-order valence-electron chi connectivity index (χ0n) is 19.1. The third kappa shape index (κ3) is 6.69. The van der Waals surface area contributed by atoms with E-state index in [1.165, 1.54) is 0 Å². The lowest BCUT2D eigenvalue weighted by Crippen LogP contribution is -2.55. The minimum absolute atomic E-state index is 0.160. The molecule has 1 saturated heterocycles. The van der Waals surface area contributed by atoms with Crippen molar-refractivity contribution in [1.82, 2.24) is 10.2 Å². The Kier molecular flexibility index (Phi) is 8.04. The summed E-state index contributed by atoms with van der Waals surface area (Å²) in [6.45, 7) is 8.43. The van der Waals surface area contributed by atoms with E-state index in [4.69, 9.17) is 39.5 Å². The number of nitrogens with one attached hydrogen (secondary N) is 1. The van der Waals surface area contributed by atoms with Crippen LogP contribution in [0.1, 0.15) is 39.3 Å². The summed E-state index contributed by atoms with van der Waals surface area (Å²) in [6.07, 6.45) is -0.621. The van der Waals surface area contributed by atoms with E-state index in [2.05, 4.69) is 10.2 Å². The van der Waals surface area contributed by atoms with Gasteiger partial charge in [0.15, 0.2) is 0 Å². The van der Waals surface area contributed by atoms with Crippen LogP contribution in [0.3, 0.4) is 0 Å². The molecular formula is C24H28Cl3N3O3. The molecular weight excluding hydrogens is 485 g/mol. The number of anilines is 1. The van der Waals surface area contributed by atoms with E-state index in [1.807, 2.05) is 30.3 Å². The topological polar surface area (TPSA) is 61.9 Å². The molecule has 1 N–H and O–H groups in total. The molecule has 1 aliphatic heterocycles. The van der Waals surface area contributed by atoms with E-state index < -0.39 is 17.7 Å². The minimum atomic E-state index is -0.726. The first-order chi connectivity index (χ1) is 15.4. The molecule has 0 aromatic heterocycles. The number of amides is 2. The van der Waals surface area contributed by atoms with E-state index >= 15 is 0 Å². The number of hydrogen-bond donors (Lipinski definition) is 1. The van der Waals surface area contributed by atoms with Crippen molar-refractivity contribution in [3.8, 4) is 0 Å². The van der Waals surface area contributed by atoms with Gasteiger partial charge in [-0.15, -0.1) is 0 Å². The third-order valence-electron chi connectivity index (χ3n) is 5.27. The Bertz CT molecular complexity index is 1010. The van der Waals surface area contributed by atoms with Gasteiger partial charge in [-0.2, -0.15) is 0 Å². The number of nitrogens with zero attached hydrogens (tertiary/aromatic N) is 2. The summed E-state index contributed by atoms with van der Waals surface area (Å²) in [4.78, 5) is 29.2. The van der Waals surface area contributed by atoms with Crippen molar-refractivity contribution in [1.29, 1.82) is 0 Å². The number of rotatable bonds is 4. The quantitative estimate of drug-likeness (QED) is 0.550. The lowest BCUT2D eigenvalue weighted by molar-refractivity contribution is -0.133. The molecule has 178 valence electrons. The minimum Gasteiger partial charge on any atom is -0.444 e. The molecule has 0 radical (unpaired) electrons. The van der Waals surface area contributed by atoms with Crippen LogP contribution in [0, 0.1) is 0 Å². The van der Waals surface area contributed by atoms with Gasteiger partial charge >= 0.3 is 6.09 Å². The van der Waals surface area contributed by atoms with Gasteiger partial charge in [0.05, 0.1) is 16.8 Å². The second kappa shape index (κ2) is 10.4. The van der Waals surface area contributed by atoms with Gasteiger partial charge in [0, 0.05) is 29.7 Å². The van der Waals surface area contributed by atoms with E-state index in [-0.39, 0.29) is 11.9 Å². The van der Waals surface area contributed by atoms with Gasteiger partial charge in [0.1, 0.15) is 11.6 Å². The number of piperazine rings is 1. The summed E-state index contributed by atoms with van der Waals surface area (Å²) in [5.74, 6) is -0.179. The van der Waals surface area contributed by atoms with E-state index in [0.717, 1.165) is 11.3 Å². The predicted octanol–water partition coefficient (Wildman–Crippen LogP) is 5.95. The molecule has 0 aliphatic carbocycles. The average molecular weight is 513 g/mol. The molecule has 6 nitrogen and oxygen atoms in total. The van der Waals surface area contributed by atoms with Crippen molar-refractivity contribution in [2.45, 2.75) is 45.4 Å². The molecule has 2 aromatic rings. The van der Waals surface area contributed by atoms with Gasteiger partial charge in [0.2, 0.25) is 5.91 Å². The van der Waals surface area contributed by atoms with Crippen molar-refractivity contribution < 1.29 is 14.3 Å². The predicted molar refractivity (Wildman–Crippen MR) is 133 cm³/mol. The maximum Gasteiger partial charge on any atom is 0.408 e. The SMILES string of the molecule is C[C@@H](NC(=O)OC(C)(C)C)C(=O)N1CCN(c2ccc(Cl)cc2Cl)[C@H](c2ccc(Cl)cc2)C1. The van der Waals surface area contributed by atoms with Crippen molar-refractivity contribution in [2.75, 3.05) is 24.5 Å². The van der Waals surface area contributed by atoms with Crippen LogP contribution in [0.4, 0.5) is 10.5 Å². The Labute approximate surface area is 209 Å². The Morgan fingerprint density at radius 1 is 1.03 bits per heavy atom. The van der Waals surface area contributed by atoms with Crippen molar-refractivity contribution in [3.05, 3.63) is 63.1 Å². The highest BCUT2D eigenvalue weighted by Crippen LogP contribution is 2.37. The summed E-state index contributed by atoms with van der Waals surface area (Å²) in [7, 11) is 0. The van der Waals surface area contributed by atoms with Crippen LogP contribution in [0.2, 0.25) is 15.1 Å². The van der Waals surface area contributed by atoms with Gasteiger partial charge in [0.25, 0.3) is 0 Å². The molecule has 3 rings (SSSR count). The van der Waals surface area contributed by atoms with Gasteiger partial charge in [-0.3, -0.25) is 4.79 Å². The molecule has 9 heteroatoms. The highest BCUT2D eigenvalue weighted by Gasteiger charge is 2.34. The second-order valence-electron chi connectivity index (χ2n) is 9.01. The standard InChI is InChI=1S/C24H28Cl3N3O3/c1-15(28-23(32)33-24(2,3)4)22(31)29-11-12-30(20-10-9-18(26)13-19(20)27)21(14-29)16-5-7-17(25)8-6-16/h5-10,13,15,21H,11-12,14H2,1-4H3,(H,28,32)/t15-,21+/m1/s1. The fraction of sp³-hybridized carbons (Fsp3) is 0.417. The van der Waals surface area contributed by atoms with Crippen molar-refractivity contribution in [2.24, 2.45) is 0 Å². The van der Waals surface area contributed by atoms with E-state index in [1.54, 1.807) is 44.7 Å². The monoisotopic (exact) mass is 511 g/mol. The maximum atomic E-state index is 13.2. The lowest BCUT2D eigenvalue weighted by atomic mass is 10.0. The van der Waals surface area contributed by atoms with E-state index in [0.29, 0.717) is 34.7 Å². The molecule has 1 heterocycles. The average Bonchev–Trinajstić information content (AvgIpc) is 2.72. The lowest BCUT2D eigenvalue weighted by Gasteiger charge is -2.44. The summed E-state index contributed by atoms with van der Waals surface area (Å²) < 4.78 is 5.28. The first-order valence-electron chi connectivity index (χ1n) is 10.7. The summed E-state index contributed by atoms with van der Waals surface area (Å²) in [5.41, 5.74) is 1.19. The number of benzene rings is 2. The molecule has 0 unspecified atom stereocenters. The number of ether oxygens (including phenoxy) is 1. The highest BCUT2D eigenvalue weighted by molar-refractivity contribution is 6.36. The first-order valence-corrected chi connectivity index (χ1v) is 11.8. The number of alkyl carbamates (subject to hydrolysis) is 1. The molecule has 0 saturated carbocycles. The summed E-state index contributed by atoms with van der Waals surface area (Å²) in [5, 5.41) is 4.37. The van der Waals surface area contributed by atoms with Crippen LogP contribution in [0.5, 0.6) is 0 Å².